The first kappa shape index (κ1) is 12.1. The van der Waals surface area contributed by atoms with Gasteiger partial charge in [-0.25, -0.2) is 9.97 Å². The van der Waals surface area contributed by atoms with Gasteiger partial charge in [0.25, 0.3) is 0 Å². The molecular weight excluding hydrogens is 285 g/mol. The summed E-state index contributed by atoms with van der Waals surface area (Å²) in [6.07, 6.45) is 0. The Morgan fingerprint density at radius 3 is 2.47 bits per heavy atom. The summed E-state index contributed by atoms with van der Waals surface area (Å²) in [4.78, 5) is 11.6. The largest absolute Gasteiger partial charge is 0.397 e. The summed E-state index contributed by atoms with van der Waals surface area (Å²) in [5.41, 5.74) is 13.8. The summed E-state index contributed by atoms with van der Waals surface area (Å²) >= 11 is 12.1. The molecule has 0 aliphatic carbocycles. The van der Waals surface area contributed by atoms with E-state index < -0.39 is 0 Å². The van der Waals surface area contributed by atoms with E-state index in [0.717, 1.165) is 5.52 Å². The van der Waals surface area contributed by atoms with Gasteiger partial charge in [0.15, 0.2) is 5.65 Å². The lowest BCUT2D eigenvalue weighted by Gasteiger charge is -2.06. The molecule has 0 spiro atoms. The predicted molar refractivity (Wildman–Crippen MR) is 78.2 cm³/mol. The number of fused-ring (bicyclic) bond motifs is 1. The van der Waals surface area contributed by atoms with Crippen molar-refractivity contribution in [2.24, 2.45) is 0 Å². The van der Waals surface area contributed by atoms with Gasteiger partial charge in [0.05, 0.1) is 26.8 Å². The number of pyridine rings is 1. The van der Waals surface area contributed by atoms with E-state index in [-0.39, 0.29) is 0 Å². The number of hydrogen-bond acceptors (Lipinski definition) is 4. The third-order valence-corrected chi connectivity index (χ3v) is 3.39. The van der Waals surface area contributed by atoms with E-state index in [2.05, 4.69) is 15.0 Å². The molecule has 5 nitrogen and oxygen atoms in total. The Morgan fingerprint density at radius 2 is 1.68 bits per heavy atom. The molecule has 0 fully saturated rings. The van der Waals surface area contributed by atoms with Crippen LogP contribution in [0.25, 0.3) is 22.6 Å². The first-order valence-corrected chi connectivity index (χ1v) is 6.18. The number of hydrogen-bond donors (Lipinski definition) is 3. The highest BCUT2D eigenvalue weighted by Gasteiger charge is 2.15. The Kier molecular flexibility index (Phi) is 2.73. The van der Waals surface area contributed by atoms with Crippen LogP contribution in [0.4, 0.5) is 11.5 Å². The highest BCUT2D eigenvalue weighted by Crippen LogP contribution is 2.36. The molecular formula is C12H9Cl2N5. The molecule has 19 heavy (non-hydrogen) atoms. The van der Waals surface area contributed by atoms with Crippen molar-refractivity contribution in [3.05, 3.63) is 34.3 Å². The smallest absolute Gasteiger partial charge is 0.180 e. The van der Waals surface area contributed by atoms with E-state index in [4.69, 9.17) is 34.7 Å². The van der Waals surface area contributed by atoms with Crippen LogP contribution in [0.5, 0.6) is 0 Å². The minimum absolute atomic E-state index is 0.376. The Morgan fingerprint density at radius 1 is 0.947 bits per heavy atom. The molecule has 0 saturated heterocycles. The highest BCUT2D eigenvalue weighted by molar-refractivity contribution is 6.37. The molecule has 0 bridgehead atoms. The molecule has 2 heterocycles. The van der Waals surface area contributed by atoms with Gasteiger partial charge < -0.3 is 16.5 Å². The first-order valence-electron chi connectivity index (χ1n) is 5.42. The van der Waals surface area contributed by atoms with E-state index in [1.54, 1.807) is 24.3 Å². The van der Waals surface area contributed by atoms with E-state index in [1.165, 1.54) is 0 Å². The van der Waals surface area contributed by atoms with Crippen molar-refractivity contribution in [3.8, 4) is 11.4 Å². The number of anilines is 2. The normalized spacial score (nSPS) is 11.1. The zero-order valence-electron chi connectivity index (χ0n) is 9.61. The predicted octanol–water partition coefficient (Wildman–Crippen LogP) is 3.10. The number of H-pyrrole nitrogens is 1. The maximum absolute atomic E-state index is 6.15. The maximum Gasteiger partial charge on any atom is 0.180 e. The van der Waals surface area contributed by atoms with Crippen LogP contribution in [0.15, 0.2) is 24.3 Å². The average Bonchev–Trinajstić information content (AvgIpc) is 2.77. The Labute approximate surface area is 118 Å². The Bertz CT molecular complexity index is 781. The van der Waals surface area contributed by atoms with E-state index >= 15 is 0 Å². The van der Waals surface area contributed by atoms with Crippen LogP contribution < -0.4 is 11.5 Å². The third kappa shape index (κ3) is 1.97. The number of imidazole rings is 1. The van der Waals surface area contributed by atoms with Crippen molar-refractivity contribution in [1.29, 1.82) is 0 Å². The second-order valence-electron chi connectivity index (χ2n) is 4.01. The number of nitrogens with two attached hydrogens (primary N) is 2. The summed E-state index contributed by atoms with van der Waals surface area (Å²) < 4.78 is 0. The molecule has 2 aromatic heterocycles. The van der Waals surface area contributed by atoms with Crippen LogP contribution in [0.3, 0.4) is 0 Å². The number of rotatable bonds is 1. The lowest BCUT2D eigenvalue weighted by atomic mass is 10.1. The van der Waals surface area contributed by atoms with Gasteiger partial charge in [-0.05, 0) is 24.3 Å². The fourth-order valence-electron chi connectivity index (χ4n) is 1.83. The van der Waals surface area contributed by atoms with Crippen LogP contribution in [0, 0.1) is 0 Å². The summed E-state index contributed by atoms with van der Waals surface area (Å²) in [5, 5.41) is 0.890. The summed E-state index contributed by atoms with van der Waals surface area (Å²) in [6, 6.07) is 6.79. The fraction of sp³-hybridized carbons (Fsp3) is 0. The van der Waals surface area contributed by atoms with E-state index in [1.807, 2.05) is 0 Å². The zero-order valence-corrected chi connectivity index (χ0v) is 11.1. The second kappa shape index (κ2) is 4.29. The average molecular weight is 294 g/mol. The molecule has 0 radical (unpaired) electrons. The SMILES string of the molecule is Nc1ccc2[nH]c(-c3c(Cl)ccc(Cl)c3N)nc2n1. The number of halogens is 2. The molecule has 5 N–H and O–H groups in total. The number of aromatic nitrogens is 3. The lowest BCUT2D eigenvalue weighted by Crippen LogP contribution is -1.93. The quantitative estimate of drug-likeness (QED) is 0.601. The van der Waals surface area contributed by atoms with Gasteiger partial charge in [-0.2, -0.15) is 0 Å². The van der Waals surface area contributed by atoms with Gasteiger partial charge in [0, 0.05) is 0 Å². The monoisotopic (exact) mass is 293 g/mol. The third-order valence-electron chi connectivity index (χ3n) is 2.75. The van der Waals surface area contributed by atoms with E-state index in [9.17, 15) is 0 Å². The van der Waals surface area contributed by atoms with Crippen LogP contribution in [0.2, 0.25) is 10.0 Å². The molecule has 1 aromatic carbocycles. The second-order valence-corrected chi connectivity index (χ2v) is 4.82. The molecule has 0 aliphatic heterocycles. The lowest BCUT2D eigenvalue weighted by molar-refractivity contribution is 1.30. The van der Waals surface area contributed by atoms with Crippen LogP contribution in [-0.4, -0.2) is 15.0 Å². The van der Waals surface area contributed by atoms with Gasteiger partial charge in [0.2, 0.25) is 0 Å². The molecule has 96 valence electrons. The molecule has 3 aromatic rings. The minimum atomic E-state index is 0.376. The molecule has 0 atom stereocenters. The van der Waals surface area contributed by atoms with E-state index in [0.29, 0.717) is 38.6 Å². The first-order chi connectivity index (χ1) is 9.06. The molecule has 3 rings (SSSR count). The topological polar surface area (TPSA) is 93.6 Å². The Balaban J connectivity index is 2.27. The number of nitrogens with one attached hydrogen (secondary N) is 1. The van der Waals surface area contributed by atoms with Crippen molar-refractivity contribution in [3.63, 3.8) is 0 Å². The van der Waals surface area contributed by atoms with Gasteiger partial charge in [-0.15, -0.1) is 0 Å². The number of aromatic amines is 1. The minimum Gasteiger partial charge on any atom is -0.397 e. The molecule has 0 amide bonds. The molecule has 7 heteroatoms. The number of nitrogen functional groups attached to an aromatic ring is 2. The van der Waals surface area contributed by atoms with Crippen molar-refractivity contribution in [2.45, 2.75) is 0 Å². The van der Waals surface area contributed by atoms with Crippen LogP contribution in [0.1, 0.15) is 0 Å². The Hall–Kier alpha value is -1.98. The van der Waals surface area contributed by atoms with Gasteiger partial charge >= 0.3 is 0 Å². The zero-order chi connectivity index (χ0) is 13.6. The maximum atomic E-state index is 6.15. The number of benzene rings is 1. The van der Waals surface area contributed by atoms with Gasteiger partial charge in [-0.1, -0.05) is 23.2 Å². The number of nitrogens with zero attached hydrogens (tertiary/aromatic N) is 2. The molecule has 0 unspecified atom stereocenters. The summed E-state index contributed by atoms with van der Waals surface area (Å²) in [5.74, 6) is 0.911. The highest BCUT2D eigenvalue weighted by atomic mass is 35.5. The molecule has 0 aliphatic rings. The van der Waals surface area contributed by atoms with Crippen molar-refractivity contribution in [2.75, 3.05) is 11.5 Å². The van der Waals surface area contributed by atoms with Gasteiger partial charge in [0.1, 0.15) is 11.6 Å². The molecule has 0 saturated carbocycles. The van der Waals surface area contributed by atoms with Gasteiger partial charge in [-0.3, -0.25) is 0 Å². The summed E-state index contributed by atoms with van der Waals surface area (Å²) in [6.45, 7) is 0. The van der Waals surface area contributed by atoms with Crippen molar-refractivity contribution in [1.82, 2.24) is 15.0 Å². The van der Waals surface area contributed by atoms with Crippen molar-refractivity contribution < 1.29 is 0 Å². The van der Waals surface area contributed by atoms with Crippen LogP contribution in [-0.2, 0) is 0 Å². The fourth-order valence-corrected chi connectivity index (χ4v) is 2.25. The van der Waals surface area contributed by atoms with Crippen molar-refractivity contribution >= 4 is 45.9 Å². The summed E-state index contributed by atoms with van der Waals surface area (Å²) in [7, 11) is 0. The van der Waals surface area contributed by atoms with Crippen LogP contribution >= 0.6 is 23.2 Å². The standard InChI is InChI=1S/C12H9Cl2N5/c13-5-1-2-6(14)10(16)9(5)12-17-7-3-4-8(15)18-11(7)19-12/h1-4H,16H2,(H3,15,17,18,19).